The Morgan fingerprint density at radius 3 is 2.86 bits per heavy atom. The summed E-state index contributed by atoms with van der Waals surface area (Å²) in [6.07, 6.45) is -4.15. The molecule has 0 saturated heterocycles. The SMILES string of the molecule is O=C(COc1cccc(F)c1)N1CCc2sc(-c3noc(C(F)(F)F)n3)cc2C1. The summed E-state index contributed by atoms with van der Waals surface area (Å²) in [7, 11) is 0. The molecule has 0 N–H and O–H groups in total. The van der Waals surface area contributed by atoms with Crippen LogP contribution in [-0.4, -0.2) is 34.1 Å². The molecule has 1 aliphatic heterocycles. The van der Waals surface area contributed by atoms with Crippen molar-refractivity contribution in [2.24, 2.45) is 0 Å². The Labute approximate surface area is 165 Å². The first-order valence-electron chi connectivity index (χ1n) is 8.48. The molecular weight excluding hydrogens is 414 g/mol. The highest BCUT2D eigenvalue weighted by molar-refractivity contribution is 7.15. The fourth-order valence-corrected chi connectivity index (χ4v) is 3.98. The molecule has 0 aliphatic carbocycles. The number of hydrogen-bond acceptors (Lipinski definition) is 6. The van der Waals surface area contributed by atoms with E-state index in [9.17, 15) is 22.4 Å². The van der Waals surface area contributed by atoms with Crippen molar-refractivity contribution in [3.05, 3.63) is 52.5 Å². The predicted octanol–water partition coefficient (Wildman–Crippen LogP) is 3.92. The maximum Gasteiger partial charge on any atom is 0.471 e. The summed E-state index contributed by atoms with van der Waals surface area (Å²) in [4.78, 5) is 18.8. The molecule has 0 unspecified atom stereocenters. The first-order valence-corrected chi connectivity index (χ1v) is 9.30. The Balaban J connectivity index is 1.42. The van der Waals surface area contributed by atoms with Crippen LogP contribution in [0.5, 0.6) is 5.75 Å². The molecule has 29 heavy (non-hydrogen) atoms. The Bertz CT molecular complexity index is 1050. The molecule has 6 nitrogen and oxygen atoms in total. The molecule has 0 saturated carbocycles. The molecule has 0 spiro atoms. The number of hydrogen-bond donors (Lipinski definition) is 0. The number of halogens is 4. The highest BCUT2D eigenvalue weighted by atomic mass is 32.1. The van der Waals surface area contributed by atoms with Gasteiger partial charge in [-0.3, -0.25) is 4.79 Å². The van der Waals surface area contributed by atoms with Crippen molar-refractivity contribution < 1.29 is 31.6 Å². The van der Waals surface area contributed by atoms with Gasteiger partial charge >= 0.3 is 12.1 Å². The van der Waals surface area contributed by atoms with Crippen LogP contribution in [0.3, 0.4) is 0 Å². The number of ether oxygens (including phenoxy) is 1. The smallest absolute Gasteiger partial charge is 0.471 e. The lowest BCUT2D eigenvalue weighted by Gasteiger charge is -2.26. The van der Waals surface area contributed by atoms with E-state index in [2.05, 4.69) is 14.7 Å². The van der Waals surface area contributed by atoms with Crippen LogP contribution >= 0.6 is 11.3 Å². The second-order valence-electron chi connectivity index (χ2n) is 6.29. The van der Waals surface area contributed by atoms with Crippen LogP contribution in [0, 0.1) is 5.82 Å². The van der Waals surface area contributed by atoms with Gasteiger partial charge in [0.05, 0.1) is 4.88 Å². The second kappa shape index (κ2) is 7.47. The van der Waals surface area contributed by atoms with Gasteiger partial charge in [-0.1, -0.05) is 11.2 Å². The summed E-state index contributed by atoms with van der Waals surface area (Å²) < 4.78 is 60.7. The summed E-state index contributed by atoms with van der Waals surface area (Å²) in [6.45, 7) is 0.495. The molecule has 11 heteroatoms. The molecule has 1 aromatic carbocycles. The van der Waals surface area contributed by atoms with E-state index in [1.165, 1.54) is 29.5 Å². The molecule has 0 radical (unpaired) electrons. The Morgan fingerprint density at radius 1 is 1.31 bits per heavy atom. The number of amides is 1. The van der Waals surface area contributed by atoms with Gasteiger partial charge in [0.25, 0.3) is 5.91 Å². The van der Waals surface area contributed by atoms with Crippen molar-refractivity contribution in [2.75, 3.05) is 13.2 Å². The molecule has 0 atom stereocenters. The summed E-state index contributed by atoms with van der Waals surface area (Å²) in [5, 5.41) is 3.39. The van der Waals surface area contributed by atoms with E-state index < -0.39 is 17.9 Å². The number of carbonyl (C=O) groups excluding carboxylic acids is 1. The zero-order valence-corrected chi connectivity index (χ0v) is 15.5. The van der Waals surface area contributed by atoms with Gasteiger partial charge in [0.1, 0.15) is 11.6 Å². The topological polar surface area (TPSA) is 68.5 Å². The monoisotopic (exact) mass is 427 g/mol. The van der Waals surface area contributed by atoms with Crippen molar-refractivity contribution in [3.63, 3.8) is 0 Å². The van der Waals surface area contributed by atoms with Gasteiger partial charge in [0.2, 0.25) is 5.82 Å². The van der Waals surface area contributed by atoms with Gasteiger partial charge < -0.3 is 14.2 Å². The van der Waals surface area contributed by atoms with Crippen molar-refractivity contribution in [3.8, 4) is 16.5 Å². The maximum absolute atomic E-state index is 13.2. The van der Waals surface area contributed by atoms with Crippen LogP contribution < -0.4 is 4.74 Å². The fourth-order valence-electron chi connectivity index (χ4n) is 2.89. The Morgan fingerprint density at radius 2 is 2.14 bits per heavy atom. The lowest BCUT2D eigenvalue weighted by Crippen LogP contribution is -2.38. The molecule has 0 bridgehead atoms. The van der Waals surface area contributed by atoms with E-state index in [4.69, 9.17) is 4.74 Å². The third-order valence-corrected chi connectivity index (χ3v) is 5.50. The first kappa shape index (κ1) is 19.4. The molecule has 1 aliphatic rings. The minimum absolute atomic E-state index is 0.135. The van der Waals surface area contributed by atoms with Gasteiger partial charge in [-0.15, -0.1) is 11.3 Å². The van der Waals surface area contributed by atoms with Crippen LogP contribution in [0.25, 0.3) is 10.7 Å². The maximum atomic E-state index is 13.2. The van der Waals surface area contributed by atoms with E-state index in [0.29, 0.717) is 24.4 Å². The number of carbonyl (C=O) groups is 1. The third kappa shape index (κ3) is 4.24. The summed E-state index contributed by atoms with van der Waals surface area (Å²) in [5.74, 6) is -2.01. The summed E-state index contributed by atoms with van der Waals surface area (Å²) in [5.41, 5.74) is 0.814. The van der Waals surface area contributed by atoms with Gasteiger partial charge in [-0.25, -0.2) is 4.39 Å². The van der Waals surface area contributed by atoms with Gasteiger partial charge in [-0.2, -0.15) is 18.2 Å². The molecular formula is C18H13F4N3O3S. The fraction of sp³-hybridized carbons (Fsp3) is 0.278. The van der Waals surface area contributed by atoms with E-state index in [-0.39, 0.29) is 24.1 Å². The standard InChI is InChI=1S/C18H13F4N3O3S/c19-11-2-1-3-12(7-11)27-9-15(26)25-5-4-13-10(8-25)6-14(29-13)16-23-17(28-24-16)18(20,21)22/h1-3,6-7H,4-5,8-9H2. The minimum atomic E-state index is -4.70. The summed E-state index contributed by atoms with van der Waals surface area (Å²) in [6, 6.07) is 7.16. The highest BCUT2D eigenvalue weighted by Crippen LogP contribution is 2.35. The average Bonchev–Trinajstić information content (AvgIpc) is 3.32. The molecule has 4 rings (SSSR count). The zero-order valence-electron chi connectivity index (χ0n) is 14.7. The normalized spacial score (nSPS) is 14.0. The van der Waals surface area contributed by atoms with E-state index in [1.807, 2.05) is 0 Å². The number of fused-ring (bicyclic) bond motifs is 1. The van der Waals surface area contributed by atoms with Crippen LogP contribution in [0.15, 0.2) is 34.9 Å². The van der Waals surface area contributed by atoms with Crippen molar-refractivity contribution in [1.29, 1.82) is 0 Å². The molecule has 152 valence electrons. The predicted molar refractivity (Wildman–Crippen MR) is 93.6 cm³/mol. The van der Waals surface area contributed by atoms with E-state index in [1.54, 1.807) is 17.0 Å². The molecule has 0 fully saturated rings. The van der Waals surface area contributed by atoms with Gasteiger partial charge in [0, 0.05) is 24.0 Å². The Hall–Kier alpha value is -2.95. The van der Waals surface area contributed by atoms with Gasteiger partial charge in [-0.05, 0) is 30.2 Å². The molecule has 1 amide bonds. The quantitative estimate of drug-likeness (QED) is 0.591. The lowest BCUT2D eigenvalue weighted by atomic mass is 10.1. The van der Waals surface area contributed by atoms with Crippen molar-refractivity contribution in [1.82, 2.24) is 15.0 Å². The lowest BCUT2D eigenvalue weighted by molar-refractivity contribution is -0.159. The average molecular weight is 427 g/mol. The number of nitrogens with zero attached hydrogens (tertiary/aromatic N) is 3. The Kier molecular flexibility index (Phi) is 4.99. The number of thiophene rings is 1. The van der Waals surface area contributed by atoms with Crippen LogP contribution in [0.4, 0.5) is 17.6 Å². The largest absolute Gasteiger partial charge is 0.484 e. The number of aromatic nitrogens is 2. The highest BCUT2D eigenvalue weighted by Gasteiger charge is 2.38. The first-order chi connectivity index (χ1) is 13.8. The van der Waals surface area contributed by atoms with Crippen molar-refractivity contribution in [2.45, 2.75) is 19.1 Å². The number of alkyl halides is 3. The molecule has 2 aromatic heterocycles. The third-order valence-electron chi connectivity index (χ3n) is 4.27. The van der Waals surface area contributed by atoms with Crippen molar-refractivity contribution >= 4 is 17.2 Å². The minimum Gasteiger partial charge on any atom is -0.484 e. The molecule has 3 heterocycles. The van der Waals surface area contributed by atoms with E-state index >= 15 is 0 Å². The second-order valence-corrected chi connectivity index (χ2v) is 7.43. The van der Waals surface area contributed by atoms with Crippen LogP contribution in [0.2, 0.25) is 0 Å². The zero-order chi connectivity index (χ0) is 20.6. The van der Waals surface area contributed by atoms with Crippen LogP contribution in [0.1, 0.15) is 16.3 Å². The van der Waals surface area contributed by atoms with Gasteiger partial charge in [0.15, 0.2) is 6.61 Å². The molecule has 3 aromatic rings. The van der Waals surface area contributed by atoms with E-state index in [0.717, 1.165) is 10.4 Å². The number of benzene rings is 1. The summed E-state index contributed by atoms with van der Waals surface area (Å²) >= 11 is 1.27. The number of rotatable bonds is 4. The van der Waals surface area contributed by atoms with Crippen LogP contribution in [-0.2, 0) is 23.9 Å².